The molecule has 0 radical (unpaired) electrons. The summed E-state index contributed by atoms with van der Waals surface area (Å²) < 4.78 is 44.1. The molecule has 6 unspecified atom stereocenters. The zero-order chi connectivity index (χ0) is 34.3. The van der Waals surface area contributed by atoms with Crippen LogP contribution in [0.4, 0.5) is 24.5 Å². The van der Waals surface area contributed by atoms with E-state index in [0.717, 1.165) is 28.0 Å². The number of phenols is 1. The number of imide groups is 2. The summed E-state index contributed by atoms with van der Waals surface area (Å²) in [6.07, 6.45) is -3.21. The topological polar surface area (TPSA) is 121 Å². The zero-order valence-corrected chi connectivity index (χ0v) is 25.7. The second-order valence-corrected chi connectivity index (χ2v) is 12.9. The number of fused-ring (bicyclic) bond motifs is 4. The molecule has 2 heterocycles. The van der Waals surface area contributed by atoms with E-state index in [4.69, 9.17) is 0 Å². The van der Waals surface area contributed by atoms with E-state index in [1.807, 2.05) is 0 Å². The number of para-hydroxylation sites is 1. The lowest BCUT2D eigenvalue weighted by molar-refractivity contribution is -0.274. The predicted octanol–water partition coefficient (Wildman–Crippen LogP) is 5.93. The molecule has 2 aliphatic heterocycles. The van der Waals surface area contributed by atoms with Gasteiger partial charge in [0, 0.05) is 17.0 Å². The van der Waals surface area contributed by atoms with Crippen LogP contribution in [0.5, 0.6) is 11.5 Å². The Hall–Kier alpha value is -5.26. The lowest BCUT2D eigenvalue weighted by Gasteiger charge is -2.49. The minimum atomic E-state index is -5.04. The van der Waals surface area contributed by atoms with E-state index in [1.165, 1.54) is 31.2 Å². The van der Waals surface area contributed by atoms with E-state index in [9.17, 15) is 42.3 Å². The second kappa shape index (κ2) is 10.9. The summed E-state index contributed by atoms with van der Waals surface area (Å²) in [5.41, 5.74) is -0.173. The van der Waals surface area contributed by atoms with Crippen LogP contribution in [-0.2, 0) is 19.2 Å². The van der Waals surface area contributed by atoms with Crippen LogP contribution in [0.25, 0.3) is 0 Å². The Bertz CT molecular complexity index is 1920. The van der Waals surface area contributed by atoms with E-state index in [2.05, 4.69) is 4.74 Å². The molecule has 3 aromatic rings. The lowest BCUT2D eigenvalue weighted by atomic mass is 9.51. The van der Waals surface area contributed by atoms with Gasteiger partial charge in [0.2, 0.25) is 23.6 Å². The molecule has 9 nitrogen and oxygen atoms in total. The molecule has 3 fully saturated rings. The Morgan fingerprint density at radius 3 is 2.19 bits per heavy atom. The first-order valence-electron chi connectivity index (χ1n) is 15.4. The van der Waals surface area contributed by atoms with Gasteiger partial charge in [0.05, 0.1) is 34.5 Å². The monoisotopic (exact) mass is 658 g/mol. The molecule has 6 atom stereocenters. The Kier molecular flexibility index (Phi) is 7.11. The van der Waals surface area contributed by atoms with Crippen LogP contribution < -0.4 is 14.5 Å². The summed E-state index contributed by atoms with van der Waals surface area (Å²) >= 11 is 0. The molecule has 48 heavy (non-hydrogen) atoms. The van der Waals surface area contributed by atoms with Gasteiger partial charge in [-0.05, 0) is 87.2 Å². The number of benzene rings is 3. The summed E-state index contributed by atoms with van der Waals surface area (Å²) in [5.74, 6) is -8.04. The number of rotatable bonds is 5. The van der Waals surface area contributed by atoms with Crippen LogP contribution in [0.15, 0.2) is 84.4 Å². The van der Waals surface area contributed by atoms with Crippen LogP contribution >= 0.6 is 0 Å². The first-order chi connectivity index (χ1) is 22.7. The highest BCUT2D eigenvalue weighted by molar-refractivity contribution is 6.25. The zero-order valence-electron chi connectivity index (χ0n) is 25.7. The molecule has 1 N–H and O–H groups in total. The molecule has 3 aromatic carbocycles. The van der Waals surface area contributed by atoms with Gasteiger partial charge in [0.15, 0.2) is 5.78 Å². The SMILES string of the molecule is CC(=O)c1ccc(N2C(=O)C3CC=C4C(CC5C(=O)N(c6ccccc6)C(=O)C5(C)C4c4cc(OC(F)(F)F)ccc4O)C3C2=O)cc1. The highest BCUT2D eigenvalue weighted by Gasteiger charge is 2.68. The van der Waals surface area contributed by atoms with Crippen molar-refractivity contribution >= 4 is 40.8 Å². The van der Waals surface area contributed by atoms with Crippen LogP contribution in [0.2, 0.25) is 0 Å². The average Bonchev–Trinajstić information content (AvgIpc) is 3.41. The molecule has 0 bridgehead atoms. The van der Waals surface area contributed by atoms with Gasteiger partial charge < -0.3 is 9.84 Å². The summed E-state index contributed by atoms with van der Waals surface area (Å²) in [4.78, 5) is 70.6. The molecule has 4 aliphatic rings. The molecule has 2 saturated heterocycles. The summed E-state index contributed by atoms with van der Waals surface area (Å²) in [6.45, 7) is 2.96. The van der Waals surface area contributed by atoms with Crippen LogP contribution in [0.3, 0.4) is 0 Å². The first-order valence-corrected chi connectivity index (χ1v) is 15.4. The van der Waals surface area contributed by atoms with Crippen molar-refractivity contribution in [1.29, 1.82) is 0 Å². The molecule has 0 aromatic heterocycles. The van der Waals surface area contributed by atoms with Gasteiger partial charge >= 0.3 is 6.36 Å². The minimum absolute atomic E-state index is 0.0174. The maximum Gasteiger partial charge on any atom is 0.573 e. The van der Waals surface area contributed by atoms with Gasteiger partial charge in [0.25, 0.3) is 0 Å². The van der Waals surface area contributed by atoms with Gasteiger partial charge in [-0.25, -0.2) is 4.90 Å². The molecule has 7 rings (SSSR count). The van der Waals surface area contributed by atoms with Crippen molar-refractivity contribution in [1.82, 2.24) is 0 Å². The van der Waals surface area contributed by atoms with Crippen LogP contribution in [0, 0.1) is 29.1 Å². The average molecular weight is 659 g/mol. The van der Waals surface area contributed by atoms with Crippen molar-refractivity contribution in [2.24, 2.45) is 29.1 Å². The fourth-order valence-electron chi connectivity index (χ4n) is 8.24. The number of alkyl halides is 3. The minimum Gasteiger partial charge on any atom is -0.508 e. The predicted molar refractivity (Wildman–Crippen MR) is 165 cm³/mol. The first kappa shape index (κ1) is 31.3. The van der Waals surface area contributed by atoms with E-state index < -0.39 is 76.5 Å². The fourth-order valence-corrected chi connectivity index (χ4v) is 8.24. The van der Waals surface area contributed by atoms with Crippen molar-refractivity contribution in [2.75, 3.05) is 9.80 Å². The Morgan fingerprint density at radius 2 is 1.54 bits per heavy atom. The molecule has 12 heteroatoms. The number of anilines is 2. The number of phenolic OH excluding ortho intramolecular Hbond substituents is 1. The molecule has 1 saturated carbocycles. The molecule has 4 amide bonds. The third-order valence-electron chi connectivity index (χ3n) is 10.4. The Morgan fingerprint density at radius 1 is 0.875 bits per heavy atom. The quantitative estimate of drug-likeness (QED) is 0.205. The number of amides is 4. The van der Waals surface area contributed by atoms with Crippen molar-refractivity contribution in [3.05, 3.63) is 95.6 Å². The summed E-state index contributed by atoms with van der Waals surface area (Å²) in [6, 6.07) is 17.3. The molecule has 0 spiro atoms. The highest BCUT2D eigenvalue weighted by Crippen LogP contribution is 2.64. The number of carbonyl (C=O) groups excluding carboxylic acids is 5. The van der Waals surface area contributed by atoms with Crippen molar-refractivity contribution in [3.63, 3.8) is 0 Å². The maximum atomic E-state index is 14.4. The Labute approximate surface area is 272 Å². The normalized spacial score (nSPS) is 28.2. The number of halogens is 3. The third-order valence-corrected chi connectivity index (χ3v) is 10.4. The highest BCUT2D eigenvalue weighted by atomic mass is 19.4. The van der Waals surface area contributed by atoms with Gasteiger partial charge in [-0.2, -0.15) is 0 Å². The molecular formula is C36H29F3N2O7. The molecule has 246 valence electrons. The van der Waals surface area contributed by atoms with Gasteiger partial charge in [-0.3, -0.25) is 28.9 Å². The number of hydrogen-bond acceptors (Lipinski definition) is 7. The van der Waals surface area contributed by atoms with Crippen molar-refractivity contribution in [2.45, 2.75) is 39.0 Å². The van der Waals surface area contributed by atoms with Crippen molar-refractivity contribution < 1.29 is 47.0 Å². The van der Waals surface area contributed by atoms with Crippen molar-refractivity contribution in [3.8, 4) is 11.5 Å². The van der Waals surface area contributed by atoms with E-state index in [0.29, 0.717) is 16.8 Å². The van der Waals surface area contributed by atoms with E-state index in [1.54, 1.807) is 43.3 Å². The summed E-state index contributed by atoms with van der Waals surface area (Å²) in [5, 5.41) is 11.2. The van der Waals surface area contributed by atoms with Gasteiger partial charge in [-0.1, -0.05) is 29.8 Å². The summed E-state index contributed by atoms with van der Waals surface area (Å²) in [7, 11) is 0. The van der Waals surface area contributed by atoms with Gasteiger partial charge in [0.1, 0.15) is 11.5 Å². The van der Waals surface area contributed by atoms with Crippen LogP contribution in [0.1, 0.15) is 48.5 Å². The maximum absolute atomic E-state index is 14.4. The van der Waals surface area contributed by atoms with Gasteiger partial charge in [-0.15, -0.1) is 13.2 Å². The Balaban J connectivity index is 1.36. The van der Waals surface area contributed by atoms with E-state index >= 15 is 0 Å². The number of ketones is 1. The standard InChI is InChI=1S/C36H29F3N2O7/c1-18(42)19-8-10-21(11-9-19)40-31(44)24-14-13-23-25(29(24)33(40)46)17-27-32(45)41(20-6-4-3-5-7-20)34(47)35(27,2)30(23)26-16-22(12-15-28(26)43)48-36(37,38)39/h3-13,15-16,24-25,27,29-30,43H,14,17H2,1-2H3. The smallest absolute Gasteiger partial charge is 0.508 e. The number of carbonyl (C=O) groups is 5. The van der Waals surface area contributed by atoms with E-state index in [-0.39, 0.29) is 29.9 Å². The number of hydrogen-bond donors (Lipinski definition) is 1. The number of allylic oxidation sites excluding steroid dienone is 2. The molecular weight excluding hydrogens is 629 g/mol. The fraction of sp³-hybridized carbons (Fsp3) is 0.306. The number of ether oxygens (including phenoxy) is 1. The number of aromatic hydroxyl groups is 1. The lowest BCUT2D eigenvalue weighted by Crippen LogP contribution is -2.49. The largest absolute Gasteiger partial charge is 0.573 e. The third kappa shape index (κ3) is 4.64. The number of Topliss-reactive ketones (excluding diaryl/α,β-unsaturated/α-hetero) is 1. The number of nitrogens with zero attached hydrogens (tertiary/aromatic N) is 2. The molecule has 2 aliphatic carbocycles. The van der Waals surface area contributed by atoms with Crippen LogP contribution in [-0.4, -0.2) is 40.9 Å². The second-order valence-electron chi connectivity index (χ2n) is 12.9.